The maximum absolute atomic E-state index is 6.30. The van der Waals surface area contributed by atoms with Crippen molar-refractivity contribution in [2.75, 3.05) is 6.61 Å². The molecule has 0 fully saturated rings. The highest BCUT2D eigenvalue weighted by molar-refractivity contribution is 5.40. The van der Waals surface area contributed by atoms with Gasteiger partial charge in [-0.2, -0.15) is 0 Å². The molecule has 1 rings (SSSR count). The van der Waals surface area contributed by atoms with E-state index in [1.54, 1.807) is 0 Å². The van der Waals surface area contributed by atoms with Gasteiger partial charge in [0.1, 0.15) is 5.75 Å². The molecule has 0 radical (unpaired) electrons. The summed E-state index contributed by atoms with van der Waals surface area (Å²) in [6.45, 7) is 23.7. The van der Waals surface area contributed by atoms with Gasteiger partial charge in [-0.1, -0.05) is 75.3 Å². The molecule has 0 aliphatic rings. The Balaban J connectivity index is 3.06. The lowest BCUT2D eigenvalue weighted by molar-refractivity contribution is 0.185. The minimum Gasteiger partial charge on any atom is -0.493 e. The fraction of sp³-hybridized carbons (Fsp3) is 0.739. The molecule has 1 nitrogen and oxygen atoms in total. The highest BCUT2D eigenvalue weighted by atomic mass is 16.5. The van der Waals surface area contributed by atoms with Crippen LogP contribution >= 0.6 is 0 Å². The van der Waals surface area contributed by atoms with E-state index in [4.69, 9.17) is 4.74 Å². The van der Waals surface area contributed by atoms with Crippen LogP contribution in [-0.2, 0) is 10.8 Å². The summed E-state index contributed by atoms with van der Waals surface area (Å²) in [6, 6.07) is 6.82. The molecule has 1 aromatic rings. The predicted molar refractivity (Wildman–Crippen MR) is 107 cm³/mol. The van der Waals surface area contributed by atoms with Crippen molar-refractivity contribution in [2.24, 2.45) is 17.8 Å². The van der Waals surface area contributed by atoms with Crippen molar-refractivity contribution in [1.29, 1.82) is 0 Å². The summed E-state index contributed by atoms with van der Waals surface area (Å²) < 4.78 is 6.30. The molecule has 0 saturated carbocycles. The highest BCUT2D eigenvalue weighted by Gasteiger charge is 2.22. The second-order valence-corrected chi connectivity index (χ2v) is 10.2. The summed E-state index contributed by atoms with van der Waals surface area (Å²) in [5.74, 6) is 3.01. The van der Waals surface area contributed by atoms with Crippen LogP contribution in [0.5, 0.6) is 5.75 Å². The lowest BCUT2D eigenvalue weighted by atomic mass is 9.80. The molecule has 1 atom stereocenters. The largest absolute Gasteiger partial charge is 0.493 e. The number of hydrogen-bond acceptors (Lipinski definition) is 1. The number of benzene rings is 1. The van der Waals surface area contributed by atoms with Crippen LogP contribution in [-0.4, -0.2) is 6.61 Å². The van der Waals surface area contributed by atoms with Gasteiger partial charge in [0.25, 0.3) is 0 Å². The van der Waals surface area contributed by atoms with E-state index in [0.717, 1.165) is 12.4 Å². The van der Waals surface area contributed by atoms with Crippen molar-refractivity contribution < 1.29 is 4.74 Å². The molecule has 24 heavy (non-hydrogen) atoms. The Hall–Kier alpha value is -0.980. The molecule has 138 valence electrons. The van der Waals surface area contributed by atoms with Crippen molar-refractivity contribution in [3.8, 4) is 5.75 Å². The van der Waals surface area contributed by atoms with Gasteiger partial charge in [-0.25, -0.2) is 0 Å². The number of hydrogen-bond donors (Lipinski definition) is 0. The third kappa shape index (κ3) is 6.49. The summed E-state index contributed by atoms with van der Waals surface area (Å²) in [7, 11) is 0. The third-order valence-corrected chi connectivity index (χ3v) is 4.82. The van der Waals surface area contributed by atoms with Gasteiger partial charge in [0, 0.05) is 0 Å². The van der Waals surface area contributed by atoms with Crippen LogP contribution < -0.4 is 4.74 Å². The molecule has 1 aromatic carbocycles. The van der Waals surface area contributed by atoms with Crippen LogP contribution in [0.25, 0.3) is 0 Å². The molecule has 0 N–H and O–H groups in total. The van der Waals surface area contributed by atoms with Gasteiger partial charge in [0.05, 0.1) is 6.61 Å². The summed E-state index contributed by atoms with van der Waals surface area (Å²) >= 11 is 0. The second kappa shape index (κ2) is 7.93. The van der Waals surface area contributed by atoms with Gasteiger partial charge < -0.3 is 4.74 Å². The van der Waals surface area contributed by atoms with Crippen LogP contribution in [0.3, 0.4) is 0 Å². The van der Waals surface area contributed by atoms with E-state index in [1.807, 2.05) is 0 Å². The lowest BCUT2D eigenvalue weighted by Crippen LogP contribution is -2.21. The summed E-state index contributed by atoms with van der Waals surface area (Å²) in [5.41, 5.74) is 2.98. The lowest BCUT2D eigenvalue weighted by Gasteiger charge is -2.27. The molecule has 0 saturated heterocycles. The van der Waals surface area contributed by atoms with E-state index in [1.165, 1.54) is 17.5 Å². The summed E-state index contributed by atoms with van der Waals surface area (Å²) in [5, 5.41) is 0. The molecule has 1 heteroatoms. The van der Waals surface area contributed by atoms with Gasteiger partial charge in [0.2, 0.25) is 0 Å². The monoisotopic (exact) mass is 332 g/mol. The van der Waals surface area contributed by atoms with Crippen molar-refractivity contribution in [1.82, 2.24) is 0 Å². The Bertz CT molecular complexity index is 480. The molecule has 0 bridgehead atoms. The fourth-order valence-corrected chi connectivity index (χ4v) is 2.89. The Morgan fingerprint density at radius 1 is 0.792 bits per heavy atom. The van der Waals surface area contributed by atoms with E-state index in [2.05, 4.69) is 87.4 Å². The van der Waals surface area contributed by atoms with Crippen molar-refractivity contribution in [3.63, 3.8) is 0 Å². The first-order valence-corrected chi connectivity index (χ1v) is 9.59. The molecule has 0 spiro atoms. The molecule has 0 aliphatic heterocycles. The first kappa shape index (κ1) is 21.1. The minimum absolute atomic E-state index is 0.134. The number of ether oxygens (including phenoxy) is 1. The molecule has 0 aromatic heterocycles. The predicted octanol–water partition coefficient (Wildman–Crippen LogP) is 6.98. The van der Waals surface area contributed by atoms with E-state index >= 15 is 0 Å². The van der Waals surface area contributed by atoms with Gasteiger partial charge >= 0.3 is 0 Å². The topological polar surface area (TPSA) is 9.23 Å². The molecular weight excluding hydrogens is 292 g/mol. The van der Waals surface area contributed by atoms with Gasteiger partial charge in [-0.15, -0.1) is 0 Å². The summed E-state index contributed by atoms with van der Waals surface area (Å²) in [6.07, 6.45) is 1.22. The molecular formula is C23H40O. The quantitative estimate of drug-likeness (QED) is 0.546. The zero-order valence-corrected chi connectivity index (χ0v) is 17.8. The molecule has 0 aliphatic carbocycles. The Labute approximate surface area is 151 Å². The first-order chi connectivity index (χ1) is 10.8. The number of rotatable bonds is 6. The van der Waals surface area contributed by atoms with Crippen molar-refractivity contribution >= 4 is 0 Å². The van der Waals surface area contributed by atoms with Crippen LogP contribution in [0.4, 0.5) is 0 Å². The molecule has 0 amide bonds. The molecule has 0 heterocycles. The van der Waals surface area contributed by atoms with E-state index in [0.29, 0.717) is 17.8 Å². The zero-order chi connectivity index (χ0) is 18.7. The Kier molecular flexibility index (Phi) is 6.96. The minimum atomic E-state index is 0.134. The maximum Gasteiger partial charge on any atom is 0.119 e. The highest BCUT2D eigenvalue weighted by Crippen LogP contribution is 2.33. The second-order valence-electron chi connectivity index (χ2n) is 10.2. The Morgan fingerprint density at radius 2 is 1.25 bits per heavy atom. The van der Waals surface area contributed by atoms with Crippen molar-refractivity contribution in [3.05, 3.63) is 29.3 Å². The van der Waals surface area contributed by atoms with Crippen LogP contribution in [0, 0.1) is 17.8 Å². The van der Waals surface area contributed by atoms with Crippen LogP contribution in [0.1, 0.15) is 86.8 Å². The fourth-order valence-electron chi connectivity index (χ4n) is 2.89. The summed E-state index contributed by atoms with van der Waals surface area (Å²) in [4.78, 5) is 0. The molecule has 1 unspecified atom stereocenters. The van der Waals surface area contributed by atoms with Crippen molar-refractivity contribution in [2.45, 2.75) is 86.5 Å². The Morgan fingerprint density at radius 3 is 1.58 bits per heavy atom. The average molecular weight is 333 g/mol. The van der Waals surface area contributed by atoms with Gasteiger partial charge in [-0.3, -0.25) is 0 Å². The van der Waals surface area contributed by atoms with E-state index in [9.17, 15) is 0 Å². The third-order valence-electron chi connectivity index (χ3n) is 4.82. The van der Waals surface area contributed by atoms with Gasteiger partial charge in [-0.05, 0) is 58.3 Å². The van der Waals surface area contributed by atoms with Gasteiger partial charge in [0.15, 0.2) is 0 Å². The SMILES string of the molecule is CC(C)CC(COc1cc(C(C)(C)C)cc(C(C)(C)C)c1)C(C)C. The average Bonchev–Trinajstić information content (AvgIpc) is 2.40. The van der Waals surface area contributed by atoms with E-state index in [-0.39, 0.29) is 10.8 Å². The maximum atomic E-state index is 6.30. The standard InChI is InChI=1S/C23H40O/c1-16(2)11-18(17(3)4)15-24-21-13-19(22(5,6)7)12-20(14-21)23(8,9)10/h12-14,16-18H,11,15H2,1-10H3. The normalized spacial score (nSPS) is 14.3. The first-order valence-electron chi connectivity index (χ1n) is 9.59. The van der Waals surface area contributed by atoms with Crippen LogP contribution in [0.2, 0.25) is 0 Å². The van der Waals surface area contributed by atoms with E-state index < -0.39 is 0 Å². The smallest absolute Gasteiger partial charge is 0.119 e. The zero-order valence-electron chi connectivity index (χ0n) is 17.8. The van der Waals surface area contributed by atoms with Crippen LogP contribution in [0.15, 0.2) is 18.2 Å².